The first-order valence-electron chi connectivity index (χ1n) is 7.49. The molecule has 0 saturated carbocycles. The van der Waals surface area contributed by atoms with Gasteiger partial charge in [-0.1, -0.05) is 0 Å². The Bertz CT molecular complexity index is 1030. The molecule has 7 N–H and O–H groups in total. The number of guanidine groups is 2. The molecule has 0 aromatic heterocycles. The van der Waals surface area contributed by atoms with E-state index >= 15 is 0 Å². The van der Waals surface area contributed by atoms with E-state index in [0.29, 0.717) is 11.4 Å². The van der Waals surface area contributed by atoms with Crippen molar-refractivity contribution in [1.29, 1.82) is 10.8 Å². The molecule has 0 aliphatic carbocycles. The number of hydrogen-bond donors (Lipinski definition) is 5. The molecule has 11 nitrogen and oxygen atoms in total. The SMILES string of the molecule is Cl.N=C(N)N(C(=N)N)c1ccc(Nc2ccc(S(=O)(=O)CCl)cc2[N+](=O)[O-])cc1. The number of nitrogens with one attached hydrogen (secondary N) is 3. The lowest BCUT2D eigenvalue weighted by atomic mass is 10.2. The average Bonchev–Trinajstić information content (AvgIpc) is 2.62. The largest absolute Gasteiger partial charge is 0.369 e. The predicted molar refractivity (Wildman–Crippen MR) is 114 cm³/mol. The standard InChI is InChI=1S/C15H16ClN7O4S.ClH/c16-8-28(26,27)11-5-6-12(13(7-11)23(24)25)21-9-1-3-10(4-2-9)22(14(17)18)15(19)20;/h1-7,21H,8H2,(H3,17,18)(H3,19,20);1H. The molecule has 29 heavy (non-hydrogen) atoms. The van der Waals surface area contributed by atoms with E-state index in [1.807, 2.05) is 0 Å². The number of sulfone groups is 1. The summed E-state index contributed by atoms with van der Waals surface area (Å²) in [5, 5.41) is 28.3. The molecule has 2 rings (SSSR count). The van der Waals surface area contributed by atoms with E-state index in [-0.39, 0.29) is 23.0 Å². The number of halogens is 2. The normalized spacial score (nSPS) is 10.5. The molecule has 0 heterocycles. The number of nitrogens with two attached hydrogens (primary N) is 2. The van der Waals surface area contributed by atoms with E-state index in [0.717, 1.165) is 11.0 Å². The molecule has 0 bridgehead atoms. The number of anilines is 3. The molecular formula is C15H17Cl2N7O4S. The first-order chi connectivity index (χ1) is 13.1. The van der Waals surface area contributed by atoms with Crippen LogP contribution in [-0.2, 0) is 9.84 Å². The Kier molecular flexibility index (Phi) is 7.77. The van der Waals surface area contributed by atoms with Gasteiger partial charge in [0, 0.05) is 11.8 Å². The van der Waals surface area contributed by atoms with Crippen LogP contribution in [0.15, 0.2) is 47.4 Å². The van der Waals surface area contributed by atoms with Crippen molar-refractivity contribution in [2.24, 2.45) is 11.5 Å². The molecule has 0 amide bonds. The van der Waals surface area contributed by atoms with Crippen LogP contribution in [0.3, 0.4) is 0 Å². The summed E-state index contributed by atoms with van der Waals surface area (Å²) in [7, 11) is -3.81. The van der Waals surface area contributed by atoms with Gasteiger partial charge in [-0.3, -0.25) is 25.8 Å². The average molecular weight is 462 g/mol. The fraction of sp³-hybridized carbons (Fsp3) is 0.0667. The first-order valence-corrected chi connectivity index (χ1v) is 9.68. The van der Waals surface area contributed by atoms with Gasteiger partial charge in [0.25, 0.3) is 5.69 Å². The second kappa shape index (κ2) is 9.41. The lowest BCUT2D eigenvalue weighted by Crippen LogP contribution is -2.45. The first kappa shape index (κ1) is 23.9. The number of nitro benzene ring substituents is 1. The van der Waals surface area contributed by atoms with Crippen LogP contribution >= 0.6 is 24.0 Å². The molecule has 2 aromatic rings. The fourth-order valence-electron chi connectivity index (χ4n) is 2.28. The lowest BCUT2D eigenvalue weighted by molar-refractivity contribution is -0.384. The monoisotopic (exact) mass is 461 g/mol. The van der Waals surface area contributed by atoms with E-state index in [1.165, 1.54) is 36.4 Å². The van der Waals surface area contributed by atoms with Gasteiger partial charge in [0.05, 0.1) is 15.5 Å². The van der Waals surface area contributed by atoms with Crippen LogP contribution in [-0.4, -0.2) is 30.5 Å². The quantitative estimate of drug-likeness (QED) is 0.142. The van der Waals surface area contributed by atoms with Crippen molar-refractivity contribution in [2.45, 2.75) is 4.90 Å². The number of hydrogen-bond acceptors (Lipinski definition) is 7. The molecule has 0 radical (unpaired) electrons. The summed E-state index contributed by atoms with van der Waals surface area (Å²) in [6, 6.07) is 9.48. The topological polar surface area (TPSA) is 192 Å². The zero-order valence-electron chi connectivity index (χ0n) is 14.6. The Hall–Kier alpha value is -3.09. The second-order valence-corrected chi connectivity index (χ2v) is 8.01. The van der Waals surface area contributed by atoms with Gasteiger partial charge in [-0.25, -0.2) is 8.42 Å². The summed E-state index contributed by atoms with van der Waals surface area (Å²) in [4.78, 5) is 11.3. The second-order valence-electron chi connectivity index (χ2n) is 5.44. The molecule has 0 fully saturated rings. The van der Waals surface area contributed by atoms with Gasteiger partial charge in [0.2, 0.25) is 0 Å². The van der Waals surface area contributed by atoms with Crippen molar-refractivity contribution in [2.75, 3.05) is 15.4 Å². The molecule has 0 spiro atoms. The Morgan fingerprint density at radius 1 is 1.14 bits per heavy atom. The van der Waals surface area contributed by atoms with Gasteiger partial charge in [-0.2, -0.15) is 0 Å². The van der Waals surface area contributed by atoms with E-state index in [2.05, 4.69) is 5.32 Å². The maximum Gasteiger partial charge on any atom is 0.293 e. The van der Waals surface area contributed by atoms with Crippen LogP contribution in [0.25, 0.3) is 0 Å². The maximum absolute atomic E-state index is 11.8. The highest BCUT2D eigenvalue weighted by Gasteiger charge is 2.21. The van der Waals surface area contributed by atoms with Gasteiger partial charge in [0.15, 0.2) is 21.8 Å². The number of nitrogens with zero attached hydrogens (tertiary/aromatic N) is 2. The Balaban J connectivity index is 0.00000420. The van der Waals surface area contributed by atoms with Crippen LogP contribution in [0.1, 0.15) is 0 Å². The van der Waals surface area contributed by atoms with E-state index < -0.39 is 37.6 Å². The van der Waals surface area contributed by atoms with E-state index in [9.17, 15) is 18.5 Å². The molecule has 2 aromatic carbocycles. The lowest BCUT2D eigenvalue weighted by Gasteiger charge is -2.20. The number of alkyl halides is 1. The minimum Gasteiger partial charge on any atom is -0.369 e. The Morgan fingerprint density at radius 2 is 1.69 bits per heavy atom. The van der Waals surface area contributed by atoms with Crippen molar-refractivity contribution in [3.63, 3.8) is 0 Å². The molecular weight excluding hydrogens is 445 g/mol. The van der Waals surface area contributed by atoms with E-state index in [1.54, 1.807) is 0 Å². The third-order valence-electron chi connectivity index (χ3n) is 3.55. The highest BCUT2D eigenvalue weighted by Crippen LogP contribution is 2.31. The van der Waals surface area contributed by atoms with Crippen LogP contribution < -0.4 is 21.7 Å². The zero-order valence-corrected chi connectivity index (χ0v) is 17.0. The van der Waals surface area contributed by atoms with Gasteiger partial charge < -0.3 is 16.8 Å². The minimum atomic E-state index is -3.81. The van der Waals surface area contributed by atoms with Crippen molar-refractivity contribution in [1.82, 2.24) is 0 Å². The molecule has 0 atom stereocenters. The molecule has 0 unspecified atom stereocenters. The van der Waals surface area contributed by atoms with Gasteiger partial charge in [-0.15, -0.1) is 24.0 Å². The number of benzene rings is 2. The predicted octanol–water partition coefficient (Wildman–Crippen LogP) is 2.32. The smallest absolute Gasteiger partial charge is 0.293 e. The molecule has 14 heteroatoms. The van der Waals surface area contributed by atoms with Crippen LogP contribution in [0.2, 0.25) is 0 Å². The number of rotatable bonds is 6. The third kappa shape index (κ3) is 5.47. The van der Waals surface area contributed by atoms with Crippen LogP contribution in [0.4, 0.5) is 22.7 Å². The van der Waals surface area contributed by atoms with Gasteiger partial charge in [0.1, 0.15) is 10.9 Å². The number of nitro groups is 1. The summed E-state index contributed by atoms with van der Waals surface area (Å²) in [5.74, 6) is -0.889. The summed E-state index contributed by atoms with van der Waals surface area (Å²) in [6.07, 6.45) is 0. The van der Waals surface area contributed by atoms with E-state index in [4.69, 9.17) is 33.9 Å². The Morgan fingerprint density at radius 3 is 2.14 bits per heavy atom. The Labute approximate surface area is 177 Å². The van der Waals surface area contributed by atoms with Crippen molar-refractivity contribution in [3.05, 3.63) is 52.6 Å². The summed E-state index contributed by atoms with van der Waals surface area (Å²) in [6.45, 7) is 0. The summed E-state index contributed by atoms with van der Waals surface area (Å²) >= 11 is 5.39. The molecule has 0 aliphatic rings. The molecule has 156 valence electrons. The summed E-state index contributed by atoms with van der Waals surface area (Å²) in [5.41, 5.74) is 11.2. The van der Waals surface area contributed by atoms with Gasteiger partial charge in [-0.05, 0) is 36.4 Å². The third-order valence-corrected chi connectivity index (χ3v) is 5.68. The minimum absolute atomic E-state index is 0. The van der Waals surface area contributed by atoms with Crippen molar-refractivity contribution >= 4 is 68.5 Å². The summed E-state index contributed by atoms with van der Waals surface area (Å²) < 4.78 is 23.6. The van der Waals surface area contributed by atoms with Crippen molar-refractivity contribution < 1.29 is 13.3 Å². The highest BCUT2D eigenvalue weighted by molar-refractivity contribution is 7.92. The maximum atomic E-state index is 11.8. The van der Waals surface area contributed by atoms with Gasteiger partial charge >= 0.3 is 0 Å². The highest BCUT2D eigenvalue weighted by atomic mass is 35.5. The molecule has 0 aliphatic heterocycles. The molecule has 0 saturated heterocycles. The van der Waals surface area contributed by atoms with Crippen LogP contribution in [0.5, 0.6) is 0 Å². The van der Waals surface area contributed by atoms with Crippen molar-refractivity contribution in [3.8, 4) is 0 Å². The zero-order chi connectivity index (χ0) is 21.1. The fourth-order valence-corrected chi connectivity index (χ4v) is 3.35. The van der Waals surface area contributed by atoms with Crippen LogP contribution in [0, 0.1) is 20.9 Å².